The number of hydrogen-bond acceptors (Lipinski definition) is 4. The summed E-state index contributed by atoms with van der Waals surface area (Å²) in [5.41, 5.74) is 0. The molecule has 1 saturated carbocycles. The molecule has 3 atom stereocenters. The Bertz CT molecular complexity index is 380. The standard InChI is InChI=1S/C12H23NO4S/c1-4-9(2)8-13-18(15,16)11-7-5-6-10(11)12(14)17-3/h9-11,13H,4-8H2,1-3H3. The lowest BCUT2D eigenvalue weighted by molar-refractivity contribution is -0.145. The molecule has 1 aliphatic carbocycles. The molecule has 0 heterocycles. The molecular weight excluding hydrogens is 254 g/mol. The molecule has 3 unspecified atom stereocenters. The Hall–Kier alpha value is -0.620. The summed E-state index contributed by atoms with van der Waals surface area (Å²) in [6, 6.07) is 0. The second-order valence-corrected chi connectivity index (χ2v) is 6.99. The van der Waals surface area contributed by atoms with Gasteiger partial charge in [0.15, 0.2) is 0 Å². The van der Waals surface area contributed by atoms with Crippen molar-refractivity contribution >= 4 is 16.0 Å². The lowest BCUT2D eigenvalue weighted by atomic mass is 10.1. The van der Waals surface area contributed by atoms with Crippen LogP contribution in [0.5, 0.6) is 0 Å². The number of sulfonamides is 1. The first-order valence-corrected chi connectivity index (χ1v) is 8.03. The summed E-state index contributed by atoms with van der Waals surface area (Å²) in [4.78, 5) is 11.6. The van der Waals surface area contributed by atoms with E-state index in [1.807, 2.05) is 13.8 Å². The van der Waals surface area contributed by atoms with E-state index < -0.39 is 27.2 Å². The molecule has 1 aliphatic rings. The van der Waals surface area contributed by atoms with Crippen molar-refractivity contribution in [1.82, 2.24) is 4.72 Å². The summed E-state index contributed by atoms with van der Waals surface area (Å²) in [6.07, 6.45) is 2.82. The molecule has 0 aliphatic heterocycles. The van der Waals surface area contributed by atoms with Gasteiger partial charge < -0.3 is 4.74 Å². The highest BCUT2D eigenvalue weighted by molar-refractivity contribution is 7.90. The quantitative estimate of drug-likeness (QED) is 0.743. The van der Waals surface area contributed by atoms with E-state index in [9.17, 15) is 13.2 Å². The Balaban J connectivity index is 2.69. The molecule has 6 heteroatoms. The van der Waals surface area contributed by atoms with Crippen LogP contribution in [-0.2, 0) is 19.6 Å². The number of carbonyl (C=O) groups is 1. The van der Waals surface area contributed by atoms with Crippen LogP contribution in [0.25, 0.3) is 0 Å². The minimum atomic E-state index is -3.42. The first-order chi connectivity index (χ1) is 8.42. The molecule has 106 valence electrons. The van der Waals surface area contributed by atoms with Gasteiger partial charge in [0.25, 0.3) is 0 Å². The predicted molar refractivity (Wildman–Crippen MR) is 69.5 cm³/mol. The fourth-order valence-corrected chi connectivity index (χ4v) is 4.12. The van der Waals surface area contributed by atoms with Crippen LogP contribution in [0.1, 0.15) is 39.5 Å². The van der Waals surface area contributed by atoms with Crippen molar-refractivity contribution in [3.05, 3.63) is 0 Å². The van der Waals surface area contributed by atoms with Crippen LogP contribution in [0, 0.1) is 11.8 Å². The number of esters is 1. The van der Waals surface area contributed by atoms with Gasteiger partial charge in [-0.3, -0.25) is 4.79 Å². The van der Waals surface area contributed by atoms with Crippen molar-refractivity contribution in [2.75, 3.05) is 13.7 Å². The van der Waals surface area contributed by atoms with E-state index in [2.05, 4.69) is 9.46 Å². The maximum atomic E-state index is 12.2. The molecule has 1 N–H and O–H groups in total. The van der Waals surface area contributed by atoms with Gasteiger partial charge in [0, 0.05) is 6.54 Å². The maximum Gasteiger partial charge on any atom is 0.310 e. The van der Waals surface area contributed by atoms with Crippen LogP contribution in [-0.4, -0.2) is 33.3 Å². The van der Waals surface area contributed by atoms with Crippen LogP contribution in [0.3, 0.4) is 0 Å². The second kappa shape index (κ2) is 6.52. The normalized spacial score (nSPS) is 25.9. The Morgan fingerprint density at radius 2 is 2.11 bits per heavy atom. The highest BCUT2D eigenvalue weighted by Crippen LogP contribution is 2.31. The smallest absolute Gasteiger partial charge is 0.310 e. The SMILES string of the molecule is CCC(C)CNS(=O)(=O)C1CCCC1C(=O)OC. The van der Waals surface area contributed by atoms with Gasteiger partial charge in [-0.2, -0.15) is 0 Å². The number of nitrogens with one attached hydrogen (secondary N) is 1. The third kappa shape index (κ3) is 3.68. The molecule has 5 nitrogen and oxygen atoms in total. The highest BCUT2D eigenvalue weighted by atomic mass is 32.2. The molecular formula is C12H23NO4S. The largest absolute Gasteiger partial charge is 0.469 e. The number of methoxy groups -OCH3 is 1. The third-order valence-electron chi connectivity index (χ3n) is 3.68. The Labute approximate surface area is 109 Å². The fourth-order valence-electron chi connectivity index (χ4n) is 2.23. The number of ether oxygens (including phenoxy) is 1. The summed E-state index contributed by atoms with van der Waals surface area (Å²) in [6.45, 7) is 4.45. The van der Waals surface area contributed by atoms with E-state index in [1.54, 1.807) is 0 Å². The van der Waals surface area contributed by atoms with Crippen molar-refractivity contribution in [1.29, 1.82) is 0 Å². The van der Waals surface area contributed by atoms with Crippen LogP contribution in [0.15, 0.2) is 0 Å². The summed E-state index contributed by atoms with van der Waals surface area (Å²) in [5, 5.41) is -0.631. The van der Waals surface area contributed by atoms with Crippen LogP contribution >= 0.6 is 0 Å². The zero-order valence-electron chi connectivity index (χ0n) is 11.3. The highest BCUT2D eigenvalue weighted by Gasteiger charge is 2.42. The van der Waals surface area contributed by atoms with E-state index in [1.165, 1.54) is 7.11 Å². The van der Waals surface area contributed by atoms with Gasteiger partial charge in [0.2, 0.25) is 10.0 Å². The van der Waals surface area contributed by atoms with E-state index in [0.717, 1.165) is 12.8 Å². The number of hydrogen-bond donors (Lipinski definition) is 1. The lowest BCUT2D eigenvalue weighted by Crippen LogP contribution is -2.40. The summed E-state index contributed by atoms with van der Waals surface area (Å²) in [7, 11) is -2.12. The van der Waals surface area contributed by atoms with Gasteiger partial charge >= 0.3 is 5.97 Å². The number of carbonyl (C=O) groups excluding carboxylic acids is 1. The van der Waals surface area contributed by atoms with Gasteiger partial charge in [0.1, 0.15) is 0 Å². The van der Waals surface area contributed by atoms with Gasteiger partial charge in [-0.15, -0.1) is 0 Å². The van der Waals surface area contributed by atoms with Crippen molar-refractivity contribution in [2.45, 2.75) is 44.8 Å². The minimum absolute atomic E-state index is 0.303. The minimum Gasteiger partial charge on any atom is -0.469 e. The van der Waals surface area contributed by atoms with E-state index in [4.69, 9.17) is 0 Å². The van der Waals surface area contributed by atoms with Crippen LogP contribution in [0.4, 0.5) is 0 Å². The van der Waals surface area contributed by atoms with Crippen molar-refractivity contribution in [3.63, 3.8) is 0 Å². The monoisotopic (exact) mass is 277 g/mol. The van der Waals surface area contributed by atoms with Gasteiger partial charge in [0.05, 0.1) is 18.3 Å². The molecule has 0 bridgehead atoms. The second-order valence-electron chi connectivity index (χ2n) is 5.01. The predicted octanol–water partition coefficient (Wildman–Crippen LogP) is 1.29. The van der Waals surface area contributed by atoms with Crippen molar-refractivity contribution in [2.24, 2.45) is 11.8 Å². The fraction of sp³-hybridized carbons (Fsp3) is 0.917. The Morgan fingerprint density at radius 3 is 2.67 bits per heavy atom. The first kappa shape index (κ1) is 15.4. The molecule has 0 aromatic rings. The average molecular weight is 277 g/mol. The molecule has 1 rings (SSSR count). The summed E-state index contributed by atoms with van der Waals surface area (Å²) < 4.78 is 31.6. The molecule has 0 amide bonds. The molecule has 0 aromatic carbocycles. The van der Waals surface area contributed by atoms with Gasteiger partial charge in [-0.25, -0.2) is 13.1 Å². The van der Waals surface area contributed by atoms with E-state index >= 15 is 0 Å². The van der Waals surface area contributed by atoms with Crippen LogP contribution < -0.4 is 4.72 Å². The molecule has 0 radical (unpaired) electrons. The van der Waals surface area contributed by atoms with Crippen molar-refractivity contribution < 1.29 is 17.9 Å². The van der Waals surface area contributed by atoms with E-state index in [0.29, 0.717) is 25.3 Å². The average Bonchev–Trinajstić information content (AvgIpc) is 2.85. The summed E-state index contributed by atoms with van der Waals surface area (Å²) >= 11 is 0. The Kier molecular flexibility index (Phi) is 5.59. The summed E-state index contributed by atoms with van der Waals surface area (Å²) in [5.74, 6) is -0.617. The zero-order valence-corrected chi connectivity index (χ0v) is 12.1. The topological polar surface area (TPSA) is 72.5 Å². The lowest BCUT2D eigenvalue weighted by Gasteiger charge is -2.19. The number of rotatable bonds is 6. The first-order valence-electron chi connectivity index (χ1n) is 6.48. The molecule has 0 aromatic heterocycles. The third-order valence-corrected chi connectivity index (χ3v) is 5.62. The molecule has 1 fully saturated rings. The van der Waals surface area contributed by atoms with Crippen molar-refractivity contribution in [3.8, 4) is 0 Å². The Morgan fingerprint density at radius 1 is 1.44 bits per heavy atom. The maximum absolute atomic E-state index is 12.2. The van der Waals surface area contributed by atoms with Crippen LogP contribution in [0.2, 0.25) is 0 Å². The zero-order chi connectivity index (χ0) is 13.8. The van der Waals surface area contributed by atoms with Gasteiger partial charge in [-0.1, -0.05) is 26.7 Å². The molecule has 18 heavy (non-hydrogen) atoms. The van der Waals surface area contributed by atoms with Gasteiger partial charge in [-0.05, 0) is 18.8 Å². The van der Waals surface area contributed by atoms with E-state index in [-0.39, 0.29) is 0 Å². The molecule has 0 spiro atoms. The molecule has 0 saturated heterocycles.